The predicted molar refractivity (Wildman–Crippen MR) is 130 cm³/mol. The molecule has 0 aliphatic heterocycles. The average molecular weight is 451 g/mol. The highest BCUT2D eigenvalue weighted by Gasteiger charge is 2.14. The van der Waals surface area contributed by atoms with Crippen LogP contribution in [0.15, 0.2) is 85.5 Å². The minimum absolute atomic E-state index is 0.228. The fraction of sp³-hybridized carbons (Fsp3) is 0.0800. The Morgan fingerprint density at radius 2 is 1.71 bits per heavy atom. The van der Waals surface area contributed by atoms with Crippen LogP contribution in [0.1, 0.15) is 16.3 Å². The minimum atomic E-state index is -0.228. The Labute approximate surface area is 196 Å². The van der Waals surface area contributed by atoms with Gasteiger partial charge in [-0.3, -0.25) is 14.0 Å². The van der Waals surface area contributed by atoms with Crippen LogP contribution >= 0.6 is 0 Å². The molecule has 5 rings (SSSR count). The summed E-state index contributed by atoms with van der Waals surface area (Å²) in [7, 11) is 1.76. The van der Waals surface area contributed by atoms with Gasteiger partial charge in [-0.15, -0.1) is 0 Å². The van der Waals surface area contributed by atoms with E-state index in [-0.39, 0.29) is 5.91 Å². The van der Waals surface area contributed by atoms with Crippen molar-refractivity contribution < 1.29 is 4.79 Å². The number of hydrogen-bond donors (Lipinski definition) is 2. The van der Waals surface area contributed by atoms with Crippen LogP contribution in [0.3, 0.4) is 0 Å². The van der Waals surface area contributed by atoms with E-state index in [9.17, 15) is 4.79 Å². The zero-order valence-electron chi connectivity index (χ0n) is 18.7. The van der Waals surface area contributed by atoms with Gasteiger partial charge in [0.25, 0.3) is 5.91 Å². The van der Waals surface area contributed by atoms with Gasteiger partial charge in [0, 0.05) is 42.4 Å². The Morgan fingerprint density at radius 1 is 0.941 bits per heavy atom. The second kappa shape index (κ2) is 8.99. The molecule has 0 fully saturated rings. The summed E-state index contributed by atoms with van der Waals surface area (Å²) in [6.45, 7) is 1.84. The first-order chi connectivity index (χ1) is 16.5. The molecule has 5 aromatic rings. The van der Waals surface area contributed by atoms with Crippen LogP contribution in [0.25, 0.3) is 17.1 Å². The first-order valence-corrected chi connectivity index (χ1v) is 10.7. The number of imidazole rings is 1. The number of nitrogens with zero attached hydrogens (tertiary/aromatic N) is 6. The van der Waals surface area contributed by atoms with Crippen molar-refractivity contribution in [3.63, 3.8) is 0 Å². The van der Waals surface area contributed by atoms with Crippen LogP contribution < -0.4 is 10.6 Å². The Hall–Kier alpha value is -4.79. The maximum absolute atomic E-state index is 12.8. The fourth-order valence-corrected chi connectivity index (χ4v) is 3.55. The van der Waals surface area contributed by atoms with E-state index in [2.05, 4.69) is 30.7 Å². The number of rotatable bonds is 6. The van der Waals surface area contributed by atoms with E-state index < -0.39 is 0 Å². The first kappa shape index (κ1) is 21.1. The van der Waals surface area contributed by atoms with Gasteiger partial charge >= 0.3 is 0 Å². The van der Waals surface area contributed by atoms with Crippen molar-refractivity contribution in [1.29, 1.82) is 0 Å². The van der Waals surface area contributed by atoms with E-state index in [1.54, 1.807) is 30.3 Å². The average Bonchev–Trinajstić information content (AvgIpc) is 3.51. The third kappa shape index (κ3) is 4.53. The van der Waals surface area contributed by atoms with E-state index in [1.807, 2.05) is 78.4 Å². The molecule has 0 saturated carbocycles. The van der Waals surface area contributed by atoms with E-state index >= 15 is 0 Å². The number of benzene rings is 2. The summed E-state index contributed by atoms with van der Waals surface area (Å²) < 4.78 is 3.41. The molecule has 168 valence electrons. The molecular formula is C25H22N8O. The van der Waals surface area contributed by atoms with Gasteiger partial charge in [0.1, 0.15) is 29.5 Å². The molecule has 0 aliphatic rings. The van der Waals surface area contributed by atoms with Crippen molar-refractivity contribution in [3.8, 4) is 17.1 Å². The number of carbonyl (C=O) groups is 1. The summed E-state index contributed by atoms with van der Waals surface area (Å²) in [5.41, 5.74) is 3.70. The zero-order valence-corrected chi connectivity index (χ0v) is 18.7. The number of amides is 1. The van der Waals surface area contributed by atoms with E-state index in [1.165, 1.54) is 0 Å². The van der Waals surface area contributed by atoms with Crippen LogP contribution in [-0.2, 0) is 7.05 Å². The molecule has 3 aromatic heterocycles. The van der Waals surface area contributed by atoms with Crippen molar-refractivity contribution >= 4 is 23.1 Å². The summed E-state index contributed by atoms with van der Waals surface area (Å²) in [6, 6.07) is 20.8. The van der Waals surface area contributed by atoms with Crippen molar-refractivity contribution in [1.82, 2.24) is 29.3 Å². The third-order valence-electron chi connectivity index (χ3n) is 5.19. The summed E-state index contributed by atoms with van der Waals surface area (Å²) in [6.07, 6.45) is 5.22. The molecule has 0 saturated heterocycles. The molecule has 0 aliphatic carbocycles. The smallest absolute Gasteiger partial charge is 0.273 e. The lowest BCUT2D eigenvalue weighted by molar-refractivity contribution is 0.101. The molecular weight excluding hydrogens is 428 g/mol. The number of aromatic nitrogens is 6. The number of nitrogens with one attached hydrogen (secondary N) is 2. The second-order valence-electron chi connectivity index (χ2n) is 7.69. The van der Waals surface area contributed by atoms with Gasteiger partial charge in [-0.1, -0.05) is 30.3 Å². The monoisotopic (exact) mass is 450 g/mol. The lowest BCUT2D eigenvalue weighted by Gasteiger charge is -2.10. The Kier molecular flexibility index (Phi) is 5.57. The van der Waals surface area contributed by atoms with Crippen molar-refractivity contribution in [2.75, 3.05) is 10.6 Å². The second-order valence-corrected chi connectivity index (χ2v) is 7.69. The Bertz CT molecular complexity index is 1420. The number of hydrogen-bond acceptors (Lipinski definition) is 6. The molecule has 0 spiro atoms. The highest BCUT2D eigenvalue weighted by atomic mass is 16.2. The van der Waals surface area contributed by atoms with E-state index in [4.69, 9.17) is 0 Å². The lowest BCUT2D eigenvalue weighted by atomic mass is 10.1. The molecule has 0 bridgehead atoms. The van der Waals surface area contributed by atoms with Crippen molar-refractivity contribution in [2.24, 2.45) is 7.05 Å². The van der Waals surface area contributed by atoms with Crippen LogP contribution in [0.4, 0.5) is 17.2 Å². The largest absolute Gasteiger partial charge is 0.340 e. The van der Waals surface area contributed by atoms with E-state index in [0.717, 1.165) is 22.8 Å². The number of carbonyl (C=O) groups excluding carboxylic acids is 1. The summed E-state index contributed by atoms with van der Waals surface area (Å²) >= 11 is 0. The van der Waals surface area contributed by atoms with Gasteiger partial charge in [-0.2, -0.15) is 5.10 Å². The molecule has 34 heavy (non-hydrogen) atoms. The van der Waals surface area contributed by atoms with Gasteiger partial charge < -0.3 is 10.6 Å². The molecule has 2 aromatic carbocycles. The Balaban J connectivity index is 1.28. The quantitative estimate of drug-likeness (QED) is 0.398. The molecule has 9 nitrogen and oxygen atoms in total. The fourth-order valence-electron chi connectivity index (χ4n) is 3.55. The van der Waals surface area contributed by atoms with Crippen molar-refractivity contribution in [3.05, 3.63) is 97.0 Å². The summed E-state index contributed by atoms with van der Waals surface area (Å²) in [4.78, 5) is 25.8. The topological polar surface area (TPSA) is 103 Å². The minimum Gasteiger partial charge on any atom is -0.340 e. The van der Waals surface area contributed by atoms with Crippen LogP contribution in [0.2, 0.25) is 0 Å². The maximum Gasteiger partial charge on any atom is 0.273 e. The van der Waals surface area contributed by atoms with Crippen LogP contribution in [0, 0.1) is 6.92 Å². The predicted octanol–water partition coefficient (Wildman–Crippen LogP) is 4.37. The molecule has 0 unspecified atom stereocenters. The van der Waals surface area contributed by atoms with Gasteiger partial charge in [-0.25, -0.2) is 15.0 Å². The third-order valence-corrected chi connectivity index (χ3v) is 5.19. The van der Waals surface area contributed by atoms with Gasteiger partial charge in [0.2, 0.25) is 0 Å². The normalized spacial score (nSPS) is 10.8. The molecule has 3 heterocycles. The standard InChI is InChI=1S/C25H22N8O/c1-17-27-23(15-24(28-17)33-13-12-26-16-33)29-19-8-10-20(11-9-19)30-25(34)22-14-21(31-32(22)2)18-6-4-3-5-7-18/h3-16H,1-2H3,(H,30,34)(H,27,28,29). The molecule has 9 heteroatoms. The number of aryl methyl sites for hydroxylation is 2. The van der Waals surface area contributed by atoms with Gasteiger partial charge in [0.15, 0.2) is 0 Å². The maximum atomic E-state index is 12.8. The van der Waals surface area contributed by atoms with Gasteiger partial charge in [0.05, 0.1) is 5.69 Å². The molecule has 0 radical (unpaired) electrons. The zero-order chi connectivity index (χ0) is 23.5. The first-order valence-electron chi connectivity index (χ1n) is 10.7. The van der Waals surface area contributed by atoms with Crippen molar-refractivity contribution in [2.45, 2.75) is 6.92 Å². The van der Waals surface area contributed by atoms with Gasteiger partial charge in [-0.05, 0) is 37.3 Å². The highest BCUT2D eigenvalue weighted by molar-refractivity contribution is 6.03. The molecule has 1 amide bonds. The summed E-state index contributed by atoms with van der Waals surface area (Å²) in [5, 5.41) is 10.7. The SMILES string of the molecule is Cc1nc(Nc2ccc(NC(=O)c3cc(-c4ccccc4)nn3C)cc2)cc(-n2ccnc2)n1. The highest BCUT2D eigenvalue weighted by Crippen LogP contribution is 2.21. The molecule has 0 atom stereocenters. The lowest BCUT2D eigenvalue weighted by Crippen LogP contribution is -2.16. The van der Waals surface area contributed by atoms with Crippen LogP contribution in [-0.4, -0.2) is 35.2 Å². The Morgan fingerprint density at radius 3 is 2.44 bits per heavy atom. The number of anilines is 3. The summed E-state index contributed by atoms with van der Waals surface area (Å²) in [5.74, 6) is 1.80. The van der Waals surface area contributed by atoms with Crippen LogP contribution in [0.5, 0.6) is 0 Å². The van der Waals surface area contributed by atoms with E-state index in [0.29, 0.717) is 23.0 Å². The molecule has 2 N–H and O–H groups in total.